The van der Waals surface area contributed by atoms with Gasteiger partial charge in [0.15, 0.2) is 6.61 Å². The van der Waals surface area contributed by atoms with Crippen molar-refractivity contribution in [1.29, 1.82) is 0 Å². The normalized spacial score (nSPS) is 10.7. The number of amides is 1. The van der Waals surface area contributed by atoms with Crippen molar-refractivity contribution in [2.45, 2.75) is 4.21 Å². The molecule has 0 unspecified atom stereocenters. The lowest BCUT2D eigenvalue weighted by atomic mass is 10.1. The summed E-state index contributed by atoms with van der Waals surface area (Å²) in [7, 11) is 0. The van der Waals surface area contributed by atoms with Crippen LogP contribution in [-0.2, 0) is 4.79 Å². The number of nitrogens with zero attached hydrogens (tertiary/aromatic N) is 1. The first-order chi connectivity index (χ1) is 15.7. The Bertz CT molecular complexity index is 1160. The number of ether oxygens (including phenoxy) is 1. The molecular formula is C24H23N3O2S3. The molecule has 0 spiro atoms. The SMILES string of the molecule is CSc1sccc1-c1nc(-c2cccc(OCC(=O)NCCNc3ccccc3)c2)cs1. The number of nitrogens with one attached hydrogen (secondary N) is 2. The highest BCUT2D eigenvalue weighted by atomic mass is 32.2. The van der Waals surface area contributed by atoms with Crippen LogP contribution in [0.5, 0.6) is 5.75 Å². The Morgan fingerprint density at radius 2 is 1.94 bits per heavy atom. The second-order valence-electron chi connectivity index (χ2n) is 6.82. The van der Waals surface area contributed by atoms with E-state index in [1.807, 2.05) is 54.6 Å². The fourth-order valence-corrected chi connectivity index (χ4v) is 5.60. The molecule has 0 aliphatic rings. The number of thioether (sulfide) groups is 1. The van der Waals surface area contributed by atoms with Crippen LogP contribution in [0, 0.1) is 0 Å². The second-order valence-corrected chi connectivity index (χ2v) is 9.67. The maximum absolute atomic E-state index is 12.1. The van der Waals surface area contributed by atoms with Gasteiger partial charge in [0, 0.05) is 35.3 Å². The monoisotopic (exact) mass is 481 g/mol. The molecule has 4 aromatic rings. The van der Waals surface area contributed by atoms with E-state index >= 15 is 0 Å². The molecule has 0 radical (unpaired) electrons. The zero-order chi connectivity index (χ0) is 22.2. The topological polar surface area (TPSA) is 63.2 Å². The average molecular weight is 482 g/mol. The fourth-order valence-electron chi connectivity index (χ4n) is 3.05. The van der Waals surface area contributed by atoms with Gasteiger partial charge >= 0.3 is 0 Å². The van der Waals surface area contributed by atoms with Crippen LogP contribution in [0.4, 0.5) is 5.69 Å². The summed E-state index contributed by atoms with van der Waals surface area (Å²) in [6.07, 6.45) is 2.08. The largest absolute Gasteiger partial charge is 0.484 e. The van der Waals surface area contributed by atoms with Gasteiger partial charge in [0.05, 0.1) is 9.90 Å². The van der Waals surface area contributed by atoms with E-state index < -0.39 is 0 Å². The number of carbonyl (C=O) groups excluding carboxylic acids is 1. The van der Waals surface area contributed by atoms with Crippen LogP contribution in [0.2, 0.25) is 0 Å². The van der Waals surface area contributed by atoms with Crippen molar-refractivity contribution in [2.75, 3.05) is 31.3 Å². The average Bonchev–Trinajstić information content (AvgIpc) is 3.51. The van der Waals surface area contributed by atoms with Gasteiger partial charge in [-0.3, -0.25) is 4.79 Å². The molecule has 8 heteroatoms. The number of hydrogen-bond donors (Lipinski definition) is 2. The Kier molecular flexibility index (Phi) is 7.82. The minimum absolute atomic E-state index is 0.0247. The first-order valence-electron chi connectivity index (χ1n) is 10.1. The Labute approximate surface area is 199 Å². The van der Waals surface area contributed by atoms with Gasteiger partial charge in [-0.1, -0.05) is 30.3 Å². The van der Waals surface area contributed by atoms with E-state index in [0.29, 0.717) is 18.8 Å². The third-order valence-electron chi connectivity index (χ3n) is 4.60. The van der Waals surface area contributed by atoms with Gasteiger partial charge < -0.3 is 15.4 Å². The fraction of sp³-hybridized carbons (Fsp3) is 0.167. The van der Waals surface area contributed by atoms with Crippen molar-refractivity contribution >= 4 is 46.0 Å². The summed E-state index contributed by atoms with van der Waals surface area (Å²) in [4.78, 5) is 16.9. The van der Waals surface area contributed by atoms with E-state index in [0.717, 1.165) is 22.0 Å². The molecule has 5 nitrogen and oxygen atoms in total. The molecule has 0 atom stereocenters. The third-order valence-corrected chi connectivity index (χ3v) is 7.56. The summed E-state index contributed by atoms with van der Waals surface area (Å²) < 4.78 is 6.97. The molecule has 2 N–H and O–H groups in total. The molecule has 164 valence electrons. The van der Waals surface area contributed by atoms with Crippen LogP contribution in [0.25, 0.3) is 21.8 Å². The number of carbonyl (C=O) groups is 1. The van der Waals surface area contributed by atoms with Crippen molar-refractivity contribution in [2.24, 2.45) is 0 Å². The molecular weight excluding hydrogens is 458 g/mol. The molecule has 2 heterocycles. The Morgan fingerprint density at radius 1 is 1.06 bits per heavy atom. The molecule has 0 aliphatic heterocycles. The van der Waals surface area contributed by atoms with Crippen molar-refractivity contribution in [3.05, 3.63) is 71.4 Å². The number of para-hydroxylation sites is 1. The minimum Gasteiger partial charge on any atom is -0.484 e. The molecule has 32 heavy (non-hydrogen) atoms. The quantitative estimate of drug-likeness (QED) is 0.219. The van der Waals surface area contributed by atoms with Crippen LogP contribution in [0.1, 0.15) is 0 Å². The van der Waals surface area contributed by atoms with E-state index in [1.54, 1.807) is 34.4 Å². The standard InChI is InChI=1S/C24H23N3O2S3/c1-30-24-20(10-13-31-24)23-27-21(16-32-23)17-6-5-9-19(14-17)29-15-22(28)26-12-11-25-18-7-3-2-4-8-18/h2-10,13-14,16,25H,11-12,15H2,1H3,(H,26,28). The van der Waals surface area contributed by atoms with E-state index in [-0.39, 0.29) is 12.5 Å². The molecule has 2 aromatic carbocycles. The van der Waals surface area contributed by atoms with E-state index in [4.69, 9.17) is 9.72 Å². The lowest BCUT2D eigenvalue weighted by Gasteiger charge is -2.09. The predicted octanol–water partition coefficient (Wildman–Crippen LogP) is 5.87. The zero-order valence-electron chi connectivity index (χ0n) is 17.5. The first-order valence-corrected chi connectivity index (χ1v) is 13.1. The second kappa shape index (κ2) is 11.2. The lowest BCUT2D eigenvalue weighted by Crippen LogP contribution is -2.32. The highest BCUT2D eigenvalue weighted by Crippen LogP contribution is 2.38. The van der Waals surface area contributed by atoms with Crippen molar-refractivity contribution in [3.8, 4) is 27.6 Å². The zero-order valence-corrected chi connectivity index (χ0v) is 20.0. The van der Waals surface area contributed by atoms with Crippen molar-refractivity contribution in [1.82, 2.24) is 10.3 Å². The van der Waals surface area contributed by atoms with Crippen molar-refractivity contribution < 1.29 is 9.53 Å². The summed E-state index contributed by atoms with van der Waals surface area (Å²) in [5.41, 5.74) is 4.09. The van der Waals surface area contributed by atoms with Gasteiger partial charge in [-0.15, -0.1) is 34.4 Å². The number of thiophene rings is 1. The third kappa shape index (κ3) is 5.91. The number of thiazole rings is 1. The predicted molar refractivity (Wildman–Crippen MR) is 136 cm³/mol. The summed E-state index contributed by atoms with van der Waals surface area (Å²) in [5, 5.41) is 11.3. The van der Waals surface area contributed by atoms with E-state index in [9.17, 15) is 4.79 Å². The van der Waals surface area contributed by atoms with Crippen molar-refractivity contribution in [3.63, 3.8) is 0 Å². The summed E-state index contributed by atoms with van der Waals surface area (Å²) in [6.45, 7) is 1.15. The lowest BCUT2D eigenvalue weighted by molar-refractivity contribution is -0.123. The van der Waals surface area contributed by atoms with Crippen LogP contribution in [-0.4, -0.2) is 36.8 Å². The Morgan fingerprint density at radius 3 is 2.78 bits per heavy atom. The molecule has 1 amide bonds. The Hall–Kier alpha value is -2.81. The molecule has 0 fully saturated rings. The minimum atomic E-state index is -0.150. The van der Waals surface area contributed by atoms with Crippen LogP contribution < -0.4 is 15.4 Å². The highest BCUT2D eigenvalue weighted by molar-refractivity contribution is 8.00. The van der Waals surface area contributed by atoms with Gasteiger partial charge in [0.25, 0.3) is 5.91 Å². The first kappa shape index (κ1) is 22.4. The number of hydrogen-bond acceptors (Lipinski definition) is 7. The van der Waals surface area contributed by atoms with Crippen LogP contribution in [0.15, 0.2) is 75.6 Å². The maximum Gasteiger partial charge on any atom is 0.258 e. The van der Waals surface area contributed by atoms with Gasteiger partial charge in [-0.25, -0.2) is 4.98 Å². The summed E-state index contributed by atoms with van der Waals surface area (Å²) in [5.74, 6) is 0.498. The smallest absolute Gasteiger partial charge is 0.258 e. The number of anilines is 1. The van der Waals surface area contributed by atoms with Gasteiger partial charge in [-0.05, 0) is 42.0 Å². The number of benzene rings is 2. The molecule has 0 saturated carbocycles. The number of aromatic nitrogens is 1. The number of rotatable bonds is 10. The van der Waals surface area contributed by atoms with Gasteiger partial charge in [-0.2, -0.15) is 0 Å². The molecule has 4 rings (SSSR count). The van der Waals surface area contributed by atoms with E-state index in [1.165, 1.54) is 9.77 Å². The molecule has 0 saturated heterocycles. The summed E-state index contributed by atoms with van der Waals surface area (Å²) >= 11 is 5.11. The Balaban J connectivity index is 1.28. The van der Waals surface area contributed by atoms with E-state index in [2.05, 4.69) is 33.7 Å². The van der Waals surface area contributed by atoms with Gasteiger partial charge in [0.2, 0.25) is 0 Å². The van der Waals surface area contributed by atoms with Gasteiger partial charge in [0.1, 0.15) is 10.8 Å². The van der Waals surface area contributed by atoms with Crippen LogP contribution in [0.3, 0.4) is 0 Å². The highest BCUT2D eigenvalue weighted by Gasteiger charge is 2.12. The molecule has 0 aliphatic carbocycles. The molecule has 0 bridgehead atoms. The summed E-state index contributed by atoms with van der Waals surface area (Å²) in [6, 6.07) is 19.7. The molecule has 2 aromatic heterocycles. The maximum atomic E-state index is 12.1. The van der Waals surface area contributed by atoms with Crippen LogP contribution >= 0.6 is 34.4 Å².